The summed E-state index contributed by atoms with van der Waals surface area (Å²) in [6.45, 7) is 1.74. The van der Waals surface area contributed by atoms with E-state index >= 15 is 0 Å². The lowest BCUT2D eigenvalue weighted by Crippen LogP contribution is -2.51. The lowest BCUT2D eigenvalue weighted by Gasteiger charge is -2.36. The van der Waals surface area contributed by atoms with Gasteiger partial charge in [0.2, 0.25) is 15.9 Å². The second kappa shape index (κ2) is 7.76. The molecule has 1 saturated heterocycles. The van der Waals surface area contributed by atoms with E-state index in [1.54, 1.807) is 10.4 Å². The number of benzene rings is 1. The smallest absolute Gasteiger partial charge is 0.243 e. The summed E-state index contributed by atoms with van der Waals surface area (Å²) in [5, 5.41) is 0. The van der Waals surface area contributed by atoms with Gasteiger partial charge in [-0.25, -0.2) is 8.42 Å². The van der Waals surface area contributed by atoms with Crippen molar-refractivity contribution >= 4 is 15.9 Å². The van der Waals surface area contributed by atoms with Gasteiger partial charge in [-0.05, 0) is 68.2 Å². The third-order valence-corrected chi connectivity index (χ3v) is 8.02. The maximum atomic E-state index is 13.1. The van der Waals surface area contributed by atoms with E-state index in [-0.39, 0.29) is 11.8 Å². The standard InChI is InChI=1S/C21H28N2O3S/c24-21(18-7-2-1-3-8-18)22-12-14-23(15-13-22)27(25,26)20-11-10-17-6-4-5-9-19(17)16-20/h1-2,10-11,16,18H,3-9,12-15H2. The fourth-order valence-electron chi connectivity index (χ4n) is 4.44. The van der Waals surface area contributed by atoms with Gasteiger partial charge < -0.3 is 4.90 Å². The molecular formula is C21H28N2O3S. The summed E-state index contributed by atoms with van der Waals surface area (Å²) in [4.78, 5) is 14.9. The second-order valence-electron chi connectivity index (χ2n) is 7.85. The van der Waals surface area contributed by atoms with Crippen molar-refractivity contribution in [3.63, 3.8) is 0 Å². The molecule has 1 unspecified atom stereocenters. The normalized spacial score (nSPS) is 23.9. The Morgan fingerprint density at radius 1 is 0.963 bits per heavy atom. The van der Waals surface area contributed by atoms with Gasteiger partial charge in [-0.1, -0.05) is 18.2 Å². The first-order chi connectivity index (χ1) is 13.1. The molecule has 0 saturated carbocycles. The number of nitrogens with zero attached hydrogens (tertiary/aromatic N) is 2. The minimum atomic E-state index is -3.49. The predicted molar refractivity (Wildman–Crippen MR) is 105 cm³/mol. The minimum Gasteiger partial charge on any atom is -0.340 e. The number of aryl methyl sites for hydroxylation is 2. The number of amides is 1. The highest BCUT2D eigenvalue weighted by Crippen LogP contribution is 2.27. The minimum absolute atomic E-state index is 0.0683. The highest BCUT2D eigenvalue weighted by Gasteiger charge is 2.32. The quantitative estimate of drug-likeness (QED) is 0.748. The molecule has 0 radical (unpaired) electrons. The van der Waals surface area contributed by atoms with Crippen molar-refractivity contribution < 1.29 is 13.2 Å². The molecule has 1 fully saturated rings. The fourth-order valence-corrected chi connectivity index (χ4v) is 5.92. The third kappa shape index (κ3) is 3.83. The van der Waals surface area contributed by atoms with E-state index in [2.05, 4.69) is 12.2 Å². The molecule has 1 amide bonds. The first-order valence-electron chi connectivity index (χ1n) is 10.1. The Hall–Kier alpha value is -1.66. The van der Waals surface area contributed by atoms with Crippen molar-refractivity contribution in [2.24, 2.45) is 5.92 Å². The van der Waals surface area contributed by atoms with E-state index in [9.17, 15) is 13.2 Å². The Morgan fingerprint density at radius 2 is 1.70 bits per heavy atom. The number of rotatable bonds is 3. The number of piperazine rings is 1. The van der Waals surface area contributed by atoms with Crippen LogP contribution >= 0.6 is 0 Å². The molecule has 0 bridgehead atoms. The molecule has 1 aromatic carbocycles. The van der Waals surface area contributed by atoms with Crippen LogP contribution in [0.5, 0.6) is 0 Å². The monoisotopic (exact) mass is 388 g/mol. The molecule has 1 aromatic rings. The largest absolute Gasteiger partial charge is 0.340 e. The highest BCUT2D eigenvalue weighted by molar-refractivity contribution is 7.89. The number of allylic oxidation sites excluding steroid dienone is 2. The van der Waals surface area contributed by atoms with E-state index in [1.807, 2.05) is 17.0 Å². The number of hydrogen-bond donors (Lipinski definition) is 0. The first kappa shape index (κ1) is 18.7. The van der Waals surface area contributed by atoms with Crippen LogP contribution in [0.25, 0.3) is 0 Å². The van der Waals surface area contributed by atoms with Crippen LogP contribution in [0, 0.1) is 5.92 Å². The van der Waals surface area contributed by atoms with Crippen molar-refractivity contribution in [1.82, 2.24) is 9.21 Å². The molecule has 1 heterocycles. The zero-order valence-electron chi connectivity index (χ0n) is 15.8. The second-order valence-corrected chi connectivity index (χ2v) is 9.79. The van der Waals surface area contributed by atoms with Crippen LogP contribution in [0.1, 0.15) is 43.2 Å². The van der Waals surface area contributed by atoms with Crippen LogP contribution in [0.3, 0.4) is 0 Å². The molecule has 27 heavy (non-hydrogen) atoms. The van der Waals surface area contributed by atoms with Gasteiger partial charge in [0.15, 0.2) is 0 Å². The molecule has 0 spiro atoms. The van der Waals surface area contributed by atoms with Gasteiger partial charge in [0, 0.05) is 32.1 Å². The first-order valence-corrected chi connectivity index (χ1v) is 11.6. The number of hydrogen-bond acceptors (Lipinski definition) is 3. The zero-order chi connectivity index (χ0) is 18.9. The summed E-state index contributed by atoms with van der Waals surface area (Å²) in [6, 6.07) is 5.61. The number of carbonyl (C=O) groups is 1. The van der Waals surface area contributed by atoms with Gasteiger partial charge in [0.25, 0.3) is 0 Å². The van der Waals surface area contributed by atoms with E-state index in [0.29, 0.717) is 31.1 Å². The van der Waals surface area contributed by atoms with Crippen LogP contribution in [0.2, 0.25) is 0 Å². The molecule has 6 heteroatoms. The van der Waals surface area contributed by atoms with Crippen molar-refractivity contribution in [2.75, 3.05) is 26.2 Å². The molecule has 3 aliphatic rings. The summed E-state index contributed by atoms with van der Waals surface area (Å²) in [6.07, 6.45) is 11.2. The van der Waals surface area contributed by atoms with Gasteiger partial charge in [0.05, 0.1) is 4.90 Å². The van der Waals surface area contributed by atoms with E-state index in [4.69, 9.17) is 0 Å². The van der Waals surface area contributed by atoms with Gasteiger partial charge in [-0.2, -0.15) is 4.31 Å². The summed E-state index contributed by atoms with van der Waals surface area (Å²) < 4.78 is 27.7. The van der Waals surface area contributed by atoms with E-state index in [1.165, 1.54) is 17.5 Å². The lowest BCUT2D eigenvalue weighted by atomic mass is 9.92. The molecule has 146 valence electrons. The number of sulfonamides is 1. The fraction of sp³-hybridized carbons (Fsp3) is 0.571. The van der Waals surface area contributed by atoms with Crippen LogP contribution < -0.4 is 0 Å². The average Bonchev–Trinajstić information content (AvgIpc) is 2.73. The van der Waals surface area contributed by atoms with Gasteiger partial charge in [0.1, 0.15) is 0 Å². The Kier molecular flexibility index (Phi) is 5.37. The van der Waals surface area contributed by atoms with Crippen molar-refractivity contribution in [3.8, 4) is 0 Å². The van der Waals surface area contributed by atoms with Gasteiger partial charge in [-0.15, -0.1) is 0 Å². The summed E-state index contributed by atoms with van der Waals surface area (Å²) in [5.74, 6) is 0.254. The Morgan fingerprint density at radius 3 is 2.41 bits per heavy atom. The van der Waals surface area contributed by atoms with Crippen molar-refractivity contribution in [3.05, 3.63) is 41.5 Å². The molecule has 5 nitrogen and oxygen atoms in total. The highest BCUT2D eigenvalue weighted by atomic mass is 32.2. The van der Waals surface area contributed by atoms with E-state index < -0.39 is 10.0 Å². The van der Waals surface area contributed by atoms with Gasteiger partial charge >= 0.3 is 0 Å². The van der Waals surface area contributed by atoms with Crippen LogP contribution in [0.15, 0.2) is 35.2 Å². The third-order valence-electron chi connectivity index (χ3n) is 6.13. The SMILES string of the molecule is O=C(C1CC=CCC1)N1CCN(S(=O)(=O)c2ccc3c(c2)CCCC3)CC1. The molecular weight excluding hydrogens is 360 g/mol. The molecule has 0 aromatic heterocycles. The molecule has 4 rings (SSSR count). The lowest BCUT2D eigenvalue weighted by molar-refractivity contribution is -0.137. The summed E-state index contributed by atoms with van der Waals surface area (Å²) in [5.41, 5.74) is 2.47. The van der Waals surface area contributed by atoms with Crippen molar-refractivity contribution in [2.45, 2.75) is 49.8 Å². The van der Waals surface area contributed by atoms with Gasteiger partial charge in [-0.3, -0.25) is 4.79 Å². The summed E-state index contributed by atoms with van der Waals surface area (Å²) in [7, 11) is -3.49. The van der Waals surface area contributed by atoms with Crippen molar-refractivity contribution in [1.29, 1.82) is 0 Å². The zero-order valence-corrected chi connectivity index (χ0v) is 16.6. The van der Waals surface area contributed by atoms with E-state index in [0.717, 1.165) is 38.5 Å². The molecule has 2 aliphatic carbocycles. The maximum absolute atomic E-state index is 13.1. The van der Waals surface area contributed by atoms with Crippen LogP contribution in [-0.4, -0.2) is 49.7 Å². The Balaban J connectivity index is 1.42. The summed E-state index contributed by atoms with van der Waals surface area (Å²) >= 11 is 0. The maximum Gasteiger partial charge on any atom is 0.243 e. The molecule has 0 N–H and O–H groups in total. The molecule has 1 aliphatic heterocycles. The Bertz CT molecular complexity index is 839. The number of carbonyl (C=O) groups excluding carboxylic acids is 1. The number of fused-ring (bicyclic) bond motifs is 1. The Labute approximate surface area is 162 Å². The molecule has 1 atom stereocenters. The topological polar surface area (TPSA) is 57.7 Å². The average molecular weight is 389 g/mol. The van der Waals surface area contributed by atoms with Crippen LogP contribution in [0.4, 0.5) is 0 Å². The van der Waals surface area contributed by atoms with Crippen LogP contribution in [-0.2, 0) is 27.7 Å². The predicted octanol–water partition coefficient (Wildman–Crippen LogP) is 2.75.